The molecule has 0 fully saturated rings. The minimum absolute atomic E-state index is 0.208. The predicted octanol–water partition coefficient (Wildman–Crippen LogP) is 3.03. The molecule has 1 aromatic carbocycles. The molecule has 0 saturated carbocycles. The van der Waals surface area contributed by atoms with Gasteiger partial charge in [-0.2, -0.15) is 13.2 Å². The minimum Gasteiger partial charge on any atom is -0.383 e. The fraction of sp³-hybridized carbons (Fsp3) is 0.462. The van der Waals surface area contributed by atoms with Gasteiger partial charge in [-0.1, -0.05) is 0 Å². The standard InChI is InChI=1S/C13H16BrF3N2O2/c1-8(12(20)18-5-6-21-2)19-11-7-9(13(15,16)17)3-4-10(11)14/h3-4,7-8,19H,5-6H2,1-2H3,(H,18,20). The SMILES string of the molecule is COCCNC(=O)C(C)Nc1cc(C(F)(F)F)ccc1Br. The van der Waals surface area contributed by atoms with E-state index in [0.717, 1.165) is 12.1 Å². The van der Waals surface area contributed by atoms with Gasteiger partial charge in [0.1, 0.15) is 6.04 Å². The number of halogens is 4. The molecule has 21 heavy (non-hydrogen) atoms. The Morgan fingerprint density at radius 2 is 2.10 bits per heavy atom. The van der Waals surface area contributed by atoms with Crippen molar-refractivity contribution in [2.45, 2.75) is 19.1 Å². The molecule has 1 atom stereocenters. The first-order chi connectivity index (χ1) is 9.75. The molecule has 0 radical (unpaired) electrons. The Labute approximate surface area is 129 Å². The molecular weight excluding hydrogens is 353 g/mol. The van der Waals surface area contributed by atoms with Gasteiger partial charge in [-0.3, -0.25) is 4.79 Å². The first-order valence-electron chi connectivity index (χ1n) is 6.15. The number of ether oxygens (including phenoxy) is 1. The molecule has 0 heterocycles. The zero-order valence-electron chi connectivity index (χ0n) is 11.6. The third kappa shape index (κ3) is 5.55. The number of hydrogen-bond acceptors (Lipinski definition) is 3. The van der Waals surface area contributed by atoms with E-state index in [-0.39, 0.29) is 11.6 Å². The normalized spacial score (nSPS) is 12.9. The van der Waals surface area contributed by atoms with Crippen LogP contribution in [0.25, 0.3) is 0 Å². The maximum Gasteiger partial charge on any atom is 0.416 e. The fourth-order valence-electron chi connectivity index (χ4n) is 1.54. The molecule has 4 nitrogen and oxygen atoms in total. The van der Waals surface area contributed by atoms with E-state index in [0.29, 0.717) is 17.6 Å². The van der Waals surface area contributed by atoms with Crippen LogP contribution in [0.15, 0.2) is 22.7 Å². The molecular formula is C13H16BrF3N2O2. The lowest BCUT2D eigenvalue weighted by Crippen LogP contribution is -2.39. The average Bonchev–Trinajstić information content (AvgIpc) is 2.40. The van der Waals surface area contributed by atoms with Gasteiger partial charge in [-0.15, -0.1) is 0 Å². The van der Waals surface area contributed by atoms with Crippen LogP contribution in [0.3, 0.4) is 0 Å². The monoisotopic (exact) mass is 368 g/mol. The number of alkyl halides is 3. The van der Waals surface area contributed by atoms with Gasteiger partial charge in [0.15, 0.2) is 0 Å². The average molecular weight is 369 g/mol. The molecule has 1 amide bonds. The summed E-state index contributed by atoms with van der Waals surface area (Å²) in [7, 11) is 1.51. The van der Waals surface area contributed by atoms with Crippen LogP contribution in [0.4, 0.5) is 18.9 Å². The molecule has 0 aromatic heterocycles. The van der Waals surface area contributed by atoms with Gasteiger partial charge in [0.2, 0.25) is 5.91 Å². The van der Waals surface area contributed by atoms with Gasteiger partial charge in [0, 0.05) is 23.8 Å². The van der Waals surface area contributed by atoms with E-state index in [2.05, 4.69) is 26.6 Å². The maximum absolute atomic E-state index is 12.7. The number of methoxy groups -OCH3 is 1. The number of anilines is 1. The molecule has 0 aliphatic rings. The van der Waals surface area contributed by atoms with Gasteiger partial charge >= 0.3 is 6.18 Å². The Balaban J connectivity index is 2.75. The summed E-state index contributed by atoms with van der Waals surface area (Å²) < 4.78 is 43.2. The van der Waals surface area contributed by atoms with Crippen LogP contribution >= 0.6 is 15.9 Å². The molecule has 0 aliphatic carbocycles. The number of nitrogens with one attached hydrogen (secondary N) is 2. The molecule has 1 rings (SSSR count). The Kier molecular flexibility index (Phi) is 6.47. The van der Waals surface area contributed by atoms with Gasteiger partial charge in [0.25, 0.3) is 0 Å². The van der Waals surface area contributed by atoms with E-state index in [1.54, 1.807) is 6.92 Å². The predicted molar refractivity (Wildman–Crippen MR) is 77.1 cm³/mol. The maximum atomic E-state index is 12.7. The van der Waals surface area contributed by atoms with Crippen molar-refractivity contribution in [1.82, 2.24) is 5.32 Å². The van der Waals surface area contributed by atoms with Crippen LogP contribution in [-0.2, 0) is 15.7 Å². The third-order valence-corrected chi connectivity index (χ3v) is 3.36. The molecule has 2 N–H and O–H groups in total. The van der Waals surface area contributed by atoms with Crippen LogP contribution in [0.5, 0.6) is 0 Å². The molecule has 1 unspecified atom stereocenters. The van der Waals surface area contributed by atoms with Crippen LogP contribution < -0.4 is 10.6 Å². The Hall–Kier alpha value is -1.28. The van der Waals surface area contributed by atoms with E-state index in [1.807, 2.05) is 0 Å². The summed E-state index contributed by atoms with van der Waals surface area (Å²) in [6.45, 7) is 2.27. The summed E-state index contributed by atoms with van der Waals surface area (Å²) in [5.74, 6) is -0.323. The highest BCUT2D eigenvalue weighted by Gasteiger charge is 2.31. The highest BCUT2D eigenvalue weighted by Crippen LogP contribution is 2.34. The third-order valence-electron chi connectivity index (χ3n) is 2.66. The van der Waals surface area contributed by atoms with Crippen molar-refractivity contribution < 1.29 is 22.7 Å². The molecule has 0 saturated heterocycles. The quantitative estimate of drug-likeness (QED) is 0.758. The zero-order chi connectivity index (χ0) is 16.0. The van der Waals surface area contributed by atoms with Crippen molar-refractivity contribution in [1.29, 1.82) is 0 Å². The van der Waals surface area contributed by atoms with Crippen LogP contribution in [-0.4, -0.2) is 32.2 Å². The smallest absolute Gasteiger partial charge is 0.383 e. The first kappa shape index (κ1) is 17.8. The summed E-state index contributed by atoms with van der Waals surface area (Å²) in [6.07, 6.45) is -4.43. The van der Waals surface area contributed by atoms with Crippen molar-refractivity contribution >= 4 is 27.5 Å². The second kappa shape index (κ2) is 7.65. The van der Waals surface area contributed by atoms with E-state index >= 15 is 0 Å². The van der Waals surface area contributed by atoms with Crippen LogP contribution in [0, 0.1) is 0 Å². The minimum atomic E-state index is -4.43. The molecule has 0 aliphatic heterocycles. The lowest BCUT2D eigenvalue weighted by atomic mass is 10.2. The summed E-state index contributed by atoms with van der Waals surface area (Å²) in [5, 5.41) is 5.35. The zero-order valence-corrected chi connectivity index (χ0v) is 13.1. The second-order valence-electron chi connectivity index (χ2n) is 4.34. The largest absolute Gasteiger partial charge is 0.416 e. The van der Waals surface area contributed by atoms with Crippen LogP contribution in [0.1, 0.15) is 12.5 Å². The molecule has 0 spiro atoms. The lowest BCUT2D eigenvalue weighted by molar-refractivity contribution is -0.137. The Morgan fingerprint density at radius 3 is 2.67 bits per heavy atom. The van der Waals surface area contributed by atoms with Gasteiger partial charge < -0.3 is 15.4 Å². The van der Waals surface area contributed by atoms with Crippen molar-refractivity contribution in [3.8, 4) is 0 Å². The Morgan fingerprint density at radius 1 is 1.43 bits per heavy atom. The van der Waals surface area contributed by atoms with Crippen molar-refractivity contribution in [2.24, 2.45) is 0 Å². The number of hydrogen-bond donors (Lipinski definition) is 2. The molecule has 8 heteroatoms. The number of carbonyl (C=O) groups excluding carboxylic acids is 1. The van der Waals surface area contributed by atoms with E-state index in [1.165, 1.54) is 13.2 Å². The first-order valence-corrected chi connectivity index (χ1v) is 6.95. The lowest BCUT2D eigenvalue weighted by Gasteiger charge is -2.17. The fourth-order valence-corrected chi connectivity index (χ4v) is 1.90. The Bertz CT molecular complexity index is 495. The van der Waals surface area contributed by atoms with Gasteiger partial charge in [-0.05, 0) is 41.1 Å². The highest BCUT2D eigenvalue weighted by atomic mass is 79.9. The van der Waals surface area contributed by atoms with E-state index in [4.69, 9.17) is 4.74 Å². The number of rotatable bonds is 6. The topological polar surface area (TPSA) is 50.4 Å². The number of carbonyl (C=O) groups is 1. The summed E-state index contributed by atoms with van der Waals surface area (Å²) in [6, 6.07) is 2.55. The van der Waals surface area contributed by atoms with Gasteiger partial charge in [0.05, 0.1) is 12.2 Å². The summed E-state index contributed by atoms with van der Waals surface area (Å²) in [5.41, 5.74) is -0.570. The summed E-state index contributed by atoms with van der Waals surface area (Å²) >= 11 is 3.16. The van der Waals surface area contributed by atoms with Crippen molar-refractivity contribution in [3.05, 3.63) is 28.2 Å². The van der Waals surface area contributed by atoms with Crippen molar-refractivity contribution in [2.75, 3.05) is 25.6 Å². The number of amides is 1. The van der Waals surface area contributed by atoms with Gasteiger partial charge in [-0.25, -0.2) is 0 Å². The van der Waals surface area contributed by atoms with E-state index in [9.17, 15) is 18.0 Å². The molecule has 0 bridgehead atoms. The number of benzene rings is 1. The van der Waals surface area contributed by atoms with Crippen LogP contribution in [0.2, 0.25) is 0 Å². The highest BCUT2D eigenvalue weighted by molar-refractivity contribution is 9.10. The van der Waals surface area contributed by atoms with Crippen molar-refractivity contribution in [3.63, 3.8) is 0 Å². The van der Waals surface area contributed by atoms with E-state index < -0.39 is 17.8 Å². The molecule has 118 valence electrons. The second-order valence-corrected chi connectivity index (χ2v) is 5.20. The molecule has 1 aromatic rings. The summed E-state index contributed by atoms with van der Waals surface area (Å²) in [4.78, 5) is 11.7.